The van der Waals surface area contributed by atoms with Gasteiger partial charge in [-0.3, -0.25) is 4.48 Å². The molecule has 0 bridgehead atoms. The Balaban J connectivity index is 1.62. The maximum Gasteiger partial charge on any atom is 0.369 e. The second kappa shape index (κ2) is 6.72. The van der Waals surface area contributed by atoms with Crippen molar-refractivity contribution < 1.29 is 9.90 Å². The van der Waals surface area contributed by atoms with Crippen LogP contribution in [0.4, 0.5) is 11.4 Å². The molecule has 144 valence electrons. The molecule has 1 aromatic heterocycles. The third-order valence-corrected chi connectivity index (χ3v) is 5.41. The van der Waals surface area contributed by atoms with Crippen LogP contribution in [0.25, 0.3) is 5.69 Å². The SMILES string of the molecule is Cc1cccc(C)c1[N+]1(CNc2cccc(-n3nnnc3C)c2)CC1C(=O)O. The predicted molar refractivity (Wildman–Crippen MR) is 106 cm³/mol. The van der Waals surface area contributed by atoms with E-state index in [1.54, 1.807) is 4.68 Å². The van der Waals surface area contributed by atoms with Gasteiger partial charge in [-0.2, -0.15) is 4.68 Å². The Morgan fingerprint density at radius 3 is 2.54 bits per heavy atom. The Labute approximate surface area is 163 Å². The molecule has 2 N–H and O–H groups in total. The molecular weight excluding hydrogens is 356 g/mol. The molecule has 2 atom stereocenters. The molecule has 2 heterocycles. The van der Waals surface area contributed by atoms with Gasteiger partial charge in [-0.15, -0.1) is 5.10 Å². The number of hydrogen-bond donors (Lipinski definition) is 2. The number of rotatable bonds is 6. The van der Waals surface area contributed by atoms with Crippen molar-refractivity contribution in [2.24, 2.45) is 0 Å². The van der Waals surface area contributed by atoms with E-state index in [1.165, 1.54) is 0 Å². The number of para-hydroxylation sites is 1. The first-order valence-electron chi connectivity index (χ1n) is 9.18. The van der Waals surface area contributed by atoms with Crippen molar-refractivity contribution in [1.82, 2.24) is 24.7 Å². The van der Waals surface area contributed by atoms with E-state index in [9.17, 15) is 9.90 Å². The molecule has 0 radical (unpaired) electrons. The number of aromatic nitrogens is 4. The summed E-state index contributed by atoms with van der Waals surface area (Å²) >= 11 is 0. The van der Waals surface area contributed by atoms with E-state index in [0.717, 1.165) is 28.2 Å². The number of benzene rings is 2. The molecule has 28 heavy (non-hydrogen) atoms. The minimum atomic E-state index is -0.762. The molecular formula is C20H23N6O2+. The molecule has 0 saturated carbocycles. The van der Waals surface area contributed by atoms with E-state index < -0.39 is 12.0 Å². The van der Waals surface area contributed by atoms with Crippen molar-refractivity contribution in [1.29, 1.82) is 0 Å². The molecule has 3 aromatic rings. The number of aryl methyl sites for hydroxylation is 3. The summed E-state index contributed by atoms with van der Waals surface area (Å²) in [5, 5.41) is 24.7. The summed E-state index contributed by atoms with van der Waals surface area (Å²) in [4.78, 5) is 11.8. The lowest BCUT2D eigenvalue weighted by Crippen LogP contribution is -2.38. The van der Waals surface area contributed by atoms with E-state index in [1.807, 2.05) is 63.2 Å². The van der Waals surface area contributed by atoms with Crippen molar-refractivity contribution in [3.8, 4) is 5.69 Å². The summed E-state index contributed by atoms with van der Waals surface area (Å²) in [6, 6.07) is 13.4. The van der Waals surface area contributed by atoms with Crippen LogP contribution in [0.3, 0.4) is 0 Å². The zero-order chi connectivity index (χ0) is 19.9. The van der Waals surface area contributed by atoms with Crippen LogP contribution in [0, 0.1) is 20.8 Å². The van der Waals surface area contributed by atoms with Crippen LogP contribution >= 0.6 is 0 Å². The van der Waals surface area contributed by atoms with Crippen molar-refractivity contribution in [2.45, 2.75) is 26.8 Å². The van der Waals surface area contributed by atoms with Crippen LogP contribution in [0.1, 0.15) is 17.0 Å². The van der Waals surface area contributed by atoms with Crippen molar-refractivity contribution in [2.75, 3.05) is 18.5 Å². The summed E-state index contributed by atoms with van der Waals surface area (Å²) in [5.74, 6) is -0.0596. The van der Waals surface area contributed by atoms with Gasteiger partial charge in [-0.1, -0.05) is 24.3 Å². The van der Waals surface area contributed by atoms with Crippen LogP contribution < -0.4 is 9.80 Å². The molecule has 2 aromatic carbocycles. The zero-order valence-electron chi connectivity index (χ0n) is 16.1. The number of nitrogens with zero attached hydrogens (tertiary/aromatic N) is 5. The largest absolute Gasteiger partial charge is 0.477 e. The van der Waals surface area contributed by atoms with Gasteiger partial charge < -0.3 is 10.4 Å². The molecule has 0 aliphatic carbocycles. The molecule has 2 unspecified atom stereocenters. The highest BCUT2D eigenvalue weighted by Gasteiger charge is 2.62. The van der Waals surface area contributed by atoms with Gasteiger partial charge in [-0.05, 0) is 49.4 Å². The van der Waals surface area contributed by atoms with E-state index in [0.29, 0.717) is 23.5 Å². The van der Waals surface area contributed by atoms with Crippen LogP contribution in [0.2, 0.25) is 0 Å². The van der Waals surface area contributed by atoms with Crippen LogP contribution in [0.15, 0.2) is 42.5 Å². The number of carboxylic acids is 1. The minimum absolute atomic E-state index is 0.405. The summed E-state index contributed by atoms with van der Waals surface area (Å²) in [7, 11) is 0. The number of hydrogen-bond acceptors (Lipinski definition) is 5. The van der Waals surface area contributed by atoms with Gasteiger partial charge in [0, 0.05) is 16.8 Å². The molecule has 8 nitrogen and oxygen atoms in total. The first-order chi connectivity index (χ1) is 13.4. The Morgan fingerprint density at radius 1 is 1.21 bits per heavy atom. The Kier molecular flexibility index (Phi) is 4.35. The smallest absolute Gasteiger partial charge is 0.369 e. The number of quaternary nitrogens is 1. The normalized spacial score (nSPS) is 20.8. The number of carbonyl (C=O) groups is 1. The monoisotopic (exact) mass is 379 g/mol. The topological polar surface area (TPSA) is 92.9 Å². The van der Waals surface area contributed by atoms with Crippen LogP contribution in [-0.4, -0.2) is 50.5 Å². The van der Waals surface area contributed by atoms with Gasteiger partial charge in [0.15, 0.2) is 19.0 Å². The molecule has 1 saturated heterocycles. The van der Waals surface area contributed by atoms with Gasteiger partial charge in [0.2, 0.25) is 6.04 Å². The first kappa shape index (κ1) is 18.1. The van der Waals surface area contributed by atoms with Crippen molar-refractivity contribution in [3.05, 3.63) is 59.4 Å². The summed E-state index contributed by atoms with van der Waals surface area (Å²) in [6.07, 6.45) is 0. The lowest BCUT2D eigenvalue weighted by Gasteiger charge is -2.24. The molecule has 0 spiro atoms. The highest BCUT2D eigenvalue weighted by molar-refractivity contribution is 5.83. The minimum Gasteiger partial charge on any atom is -0.477 e. The van der Waals surface area contributed by atoms with Crippen molar-refractivity contribution in [3.63, 3.8) is 0 Å². The molecule has 0 amide bonds. The summed E-state index contributed by atoms with van der Waals surface area (Å²) in [5.41, 5.74) is 5.07. The Hall–Kier alpha value is -3.26. The maximum atomic E-state index is 11.8. The average Bonchev–Trinajstić information content (AvgIpc) is 3.24. The van der Waals surface area contributed by atoms with Gasteiger partial charge in [-0.25, -0.2) is 4.79 Å². The molecule has 1 aliphatic heterocycles. The zero-order valence-corrected chi connectivity index (χ0v) is 16.1. The fourth-order valence-corrected chi connectivity index (χ4v) is 4.01. The van der Waals surface area contributed by atoms with E-state index in [4.69, 9.17) is 0 Å². The predicted octanol–water partition coefficient (Wildman–Crippen LogP) is 2.43. The Bertz CT molecular complexity index is 1030. The fourth-order valence-electron chi connectivity index (χ4n) is 4.01. The van der Waals surface area contributed by atoms with Gasteiger partial charge in [0.05, 0.1) is 5.69 Å². The van der Waals surface area contributed by atoms with Gasteiger partial charge >= 0.3 is 5.97 Å². The van der Waals surface area contributed by atoms with Crippen molar-refractivity contribution >= 4 is 17.3 Å². The highest BCUT2D eigenvalue weighted by atomic mass is 16.4. The van der Waals surface area contributed by atoms with Crippen LogP contribution in [0.5, 0.6) is 0 Å². The lowest BCUT2D eigenvalue weighted by atomic mass is 10.1. The van der Waals surface area contributed by atoms with E-state index >= 15 is 0 Å². The first-order valence-corrected chi connectivity index (χ1v) is 9.18. The number of anilines is 1. The van der Waals surface area contributed by atoms with E-state index in [-0.39, 0.29) is 0 Å². The lowest BCUT2D eigenvalue weighted by molar-refractivity contribution is -0.137. The second-order valence-electron chi connectivity index (χ2n) is 7.33. The number of aliphatic carboxylic acids is 1. The van der Waals surface area contributed by atoms with Gasteiger partial charge in [0.1, 0.15) is 5.69 Å². The fraction of sp³-hybridized carbons (Fsp3) is 0.300. The summed E-state index contributed by atoms with van der Waals surface area (Å²) in [6.45, 7) is 7.01. The number of carboxylic acid groups (broad SMARTS) is 1. The second-order valence-corrected chi connectivity index (χ2v) is 7.33. The third kappa shape index (κ3) is 3.01. The standard InChI is InChI=1S/C20H22N6O2/c1-13-6-4-7-14(2)19(13)26(11-18(26)20(27)28)12-21-16-8-5-9-17(10-16)25-15(3)22-23-24-25/h4-10,18,21H,11-12H2,1-3H3/p+1. The molecule has 1 fully saturated rings. The number of nitrogens with one attached hydrogen (secondary N) is 1. The number of tetrazole rings is 1. The Morgan fingerprint density at radius 2 is 1.93 bits per heavy atom. The molecule has 8 heteroatoms. The quantitative estimate of drug-likeness (QED) is 0.505. The maximum absolute atomic E-state index is 11.8. The third-order valence-electron chi connectivity index (χ3n) is 5.41. The molecule has 4 rings (SSSR count). The van der Waals surface area contributed by atoms with E-state index in [2.05, 4.69) is 20.8 Å². The average molecular weight is 379 g/mol. The van der Waals surface area contributed by atoms with Crippen LogP contribution in [-0.2, 0) is 4.79 Å². The highest BCUT2D eigenvalue weighted by Crippen LogP contribution is 2.43. The van der Waals surface area contributed by atoms with Gasteiger partial charge in [0.25, 0.3) is 0 Å². The summed E-state index contributed by atoms with van der Waals surface area (Å²) < 4.78 is 2.07. The molecule has 1 aliphatic rings.